The minimum atomic E-state index is -0.0884. The molecule has 0 aliphatic carbocycles. The van der Waals surface area contributed by atoms with Gasteiger partial charge in [0.25, 0.3) is 5.91 Å². The zero-order chi connectivity index (χ0) is 19.1. The average molecular weight is 450 g/mol. The highest BCUT2D eigenvalue weighted by molar-refractivity contribution is 9.10. The van der Waals surface area contributed by atoms with Gasteiger partial charge in [-0.3, -0.25) is 14.6 Å². The van der Waals surface area contributed by atoms with Gasteiger partial charge < -0.3 is 0 Å². The van der Waals surface area contributed by atoms with E-state index in [0.717, 1.165) is 47.8 Å². The molecule has 1 heterocycles. The van der Waals surface area contributed by atoms with Gasteiger partial charge in [-0.2, -0.15) is 5.10 Å². The zero-order valence-electron chi connectivity index (χ0n) is 14.9. The summed E-state index contributed by atoms with van der Waals surface area (Å²) >= 11 is 9.32. The molecule has 5 nitrogen and oxygen atoms in total. The summed E-state index contributed by atoms with van der Waals surface area (Å²) < 4.78 is 1.01. The lowest BCUT2D eigenvalue weighted by Crippen LogP contribution is -2.48. The standard InChI is InChI=1S/C20H22BrClN4O/c21-18-5-1-16(2-6-18)13-23-24-20(27)15-26-11-9-25(10-12-26)14-17-3-7-19(22)8-4-17/h1-8,13H,9-12,14-15H2,(H,24,27)/b23-13-. The molecular weight excluding hydrogens is 428 g/mol. The summed E-state index contributed by atoms with van der Waals surface area (Å²) in [6.07, 6.45) is 1.65. The van der Waals surface area contributed by atoms with Crippen molar-refractivity contribution >= 4 is 39.7 Å². The van der Waals surface area contributed by atoms with Crippen molar-refractivity contribution in [3.8, 4) is 0 Å². The van der Waals surface area contributed by atoms with E-state index in [4.69, 9.17) is 11.6 Å². The Labute approximate surface area is 173 Å². The van der Waals surface area contributed by atoms with Crippen molar-refractivity contribution in [1.29, 1.82) is 0 Å². The predicted molar refractivity (Wildman–Crippen MR) is 113 cm³/mol. The third-order valence-electron chi connectivity index (χ3n) is 4.42. The molecule has 0 atom stereocenters. The molecule has 2 aromatic rings. The Kier molecular flexibility index (Phi) is 7.41. The van der Waals surface area contributed by atoms with E-state index in [1.165, 1.54) is 5.56 Å². The summed E-state index contributed by atoms with van der Waals surface area (Å²) in [4.78, 5) is 16.6. The number of piperazine rings is 1. The summed E-state index contributed by atoms with van der Waals surface area (Å²) in [5.41, 5.74) is 4.80. The van der Waals surface area contributed by atoms with Gasteiger partial charge in [0.1, 0.15) is 0 Å². The van der Waals surface area contributed by atoms with Crippen molar-refractivity contribution in [2.45, 2.75) is 6.54 Å². The Hall–Kier alpha value is -1.73. The molecule has 27 heavy (non-hydrogen) atoms. The van der Waals surface area contributed by atoms with Crippen molar-refractivity contribution < 1.29 is 4.79 Å². The topological polar surface area (TPSA) is 47.9 Å². The summed E-state index contributed by atoms with van der Waals surface area (Å²) in [5.74, 6) is -0.0884. The predicted octanol–water partition coefficient (Wildman–Crippen LogP) is 3.37. The SMILES string of the molecule is O=C(CN1CCN(Cc2ccc(Cl)cc2)CC1)N/N=C\c1ccc(Br)cc1. The van der Waals surface area contributed by atoms with Gasteiger partial charge in [-0.15, -0.1) is 0 Å². The van der Waals surface area contributed by atoms with Crippen LogP contribution in [0.15, 0.2) is 58.1 Å². The van der Waals surface area contributed by atoms with Crippen LogP contribution >= 0.6 is 27.5 Å². The van der Waals surface area contributed by atoms with Gasteiger partial charge >= 0.3 is 0 Å². The van der Waals surface area contributed by atoms with Gasteiger partial charge in [-0.05, 0) is 35.4 Å². The molecule has 1 N–H and O–H groups in total. The Morgan fingerprint density at radius 1 is 1.04 bits per heavy atom. The fourth-order valence-corrected chi connectivity index (χ4v) is 3.31. The molecule has 1 fully saturated rings. The molecule has 3 rings (SSSR count). The molecular formula is C20H22BrClN4O. The van der Waals surface area contributed by atoms with Crippen molar-refractivity contribution in [2.24, 2.45) is 5.10 Å². The zero-order valence-corrected chi connectivity index (χ0v) is 17.3. The summed E-state index contributed by atoms with van der Waals surface area (Å²) in [6, 6.07) is 15.7. The van der Waals surface area contributed by atoms with E-state index in [0.29, 0.717) is 6.54 Å². The van der Waals surface area contributed by atoms with Crippen LogP contribution in [0.3, 0.4) is 0 Å². The van der Waals surface area contributed by atoms with Gasteiger partial charge in [0.05, 0.1) is 12.8 Å². The molecule has 0 saturated carbocycles. The summed E-state index contributed by atoms with van der Waals surface area (Å²) in [7, 11) is 0. The highest BCUT2D eigenvalue weighted by Gasteiger charge is 2.18. The molecule has 0 spiro atoms. The minimum Gasteiger partial charge on any atom is -0.297 e. The van der Waals surface area contributed by atoms with Crippen molar-refractivity contribution in [1.82, 2.24) is 15.2 Å². The van der Waals surface area contributed by atoms with Crippen molar-refractivity contribution in [3.63, 3.8) is 0 Å². The Bertz CT molecular complexity index is 772. The Morgan fingerprint density at radius 3 is 2.33 bits per heavy atom. The number of halogens is 2. The lowest BCUT2D eigenvalue weighted by Gasteiger charge is -2.34. The molecule has 0 aromatic heterocycles. The van der Waals surface area contributed by atoms with E-state index in [1.54, 1.807) is 6.21 Å². The molecule has 0 radical (unpaired) electrons. The number of nitrogens with zero attached hydrogens (tertiary/aromatic N) is 3. The number of amides is 1. The number of hydrogen-bond acceptors (Lipinski definition) is 4. The van der Waals surface area contributed by atoms with Crippen LogP contribution < -0.4 is 5.43 Å². The fourth-order valence-electron chi connectivity index (χ4n) is 2.92. The molecule has 1 aliphatic heterocycles. The Balaban J connectivity index is 1.37. The first kappa shape index (κ1) is 20.0. The minimum absolute atomic E-state index is 0.0884. The van der Waals surface area contributed by atoms with E-state index in [2.05, 4.69) is 48.4 Å². The summed E-state index contributed by atoms with van der Waals surface area (Å²) in [6.45, 7) is 4.91. The number of hydrogen-bond donors (Lipinski definition) is 1. The molecule has 1 saturated heterocycles. The van der Waals surface area contributed by atoms with Gasteiger partial charge in [-0.25, -0.2) is 5.43 Å². The molecule has 7 heteroatoms. The number of benzene rings is 2. The van der Waals surface area contributed by atoms with Gasteiger partial charge in [0.2, 0.25) is 0 Å². The quantitative estimate of drug-likeness (QED) is 0.543. The van der Waals surface area contributed by atoms with Crippen LogP contribution in [-0.2, 0) is 11.3 Å². The third-order valence-corrected chi connectivity index (χ3v) is 5.21. The van der Waals surface area contributed by atoms with Crippen molar-refractivity contribution in [2.75, 3.05) is 32.7 Å². The van der Waals surface area contributed by atoms with Crippen LogP contribution in [0.1, 0.15) is 11.1 Å². The molecule has 0 unspecified atom stereocenters. The maximum absolute atomic E-state index is 12.1. The van der Waals surface area contributed by atoms with E-state index in [9.17, 15) is 4.79 Å². The number of carbonyl (C=O) groups is 1. The summed E-state index contributed by atoms with van der Waals surface area (Å²) in [5, 5.41) is 4.79. The number of carbonyl (C=O) groups excluding carboxylic acids is 1. The van der Waals surface area contributed by atoms with Gasteiger partial charge in [0.15, 0.2) is 0 Å². The first-order valence-corrected chi connectivity index (χ1v) is 10.0. The maximum atomic E-state index is 12.1. The molecule has 1 amide bonds. The Morgan fingerprint density at radius 2 is 1.67 bits per heavy atom. The lowest BCUT2D eigenvalue weighted by molar-refractivity contribution is -0.122. The largest absolute Gasteiger partial charge is 0.297 e. The lowest BCUT2D eigenvalue weighted by atomic mass is 10.2. The average Bonchev–Trinajstić information content (AvgIpc) is 2.67. The molecule has 2 aromatic carbocycles. The van der Waals surface area contributed by atoms with Gasteiger partial charge in [-0.1, -0.05) is 51.8 Å². The molecule has 1 aliphatic rings. The van der Waals surface area contributed by atoms with Crippen LogP contribution in [0.5, 0.6) is 0 Å². The fraction of sp³-hybridized carbons (Fsp3) is 0.300. The van der Waals surface area contributed by atoms with E-state index < -0.39 is 0 Å². The maximum Gasteiger partial charge on any atom is 0.254 e. The van der Waals surface area contributed by atoms with Crippen LogP contribution in [0.25, 0.3) is 0 Å². The van der Waals surface area contributed by atoms with Crippen LogP contribution in [0.4, 0.5) is 0 Å². The van der Waals surface area contributed by atoms with E-state index in [-0.39, 0.29) is 5.91 Å². The van der Waals surface area contributed by atoms with Crippen molar-refractivity contribution in [3.05, 3.63) is 69.2 Å². The van der Waals surface area contributed by atoms with Crippen LogP contribution in [0, 0.1) is 0 Å². The number of rotatable bonds is 6. The second-order valence-corrected chi connectivity index (χ2v) is 7.88. The highest BCUT2D eigenvalue weighted by Crippen LogP contribution is 2.13. The highest BCUT2D eigenvalue weighted by atomic mass is 79.9. The van der Waals surface area contributed by atoms with E-state index in [1.807, 2.05) is 36.4 Å². The number of hydrazone groups is 1. The third kappa shape index (κ3) is 6.74. The van der Waals surface area contributed by atoms with E-state index >= 15 is 0 Å². The smallest absolute Gasteiger partial charge is 0.254 e. The first-order valence-electron chi connectivity index (χ1n) is 8.85. The van der Waals surface area contributed by atoms with Crippen LogP contribution in [-0.4, -0.2) is 54.6 Å². The van der Waals surface area contributed by atoms with Crippen LogP contribution in [0.2, 0.25) is 5.02 Å². The normalized spacial score (nSPS) is 15.9. The molecule has 142 valence electrons. The second kappa shape index (κ2) is 9.99. The molecule has 0 bridgehead atoms. The monoisotopic (exact) mass is 448 g/mol. The first-order chi connectivity index (χ1) is 13.1. The number of nitrogens with one attached hydrogen (secondary N) is 1. The van der Waals surface area contributed by atoms with Gasteiger partial charge in [0, 0.05) is 42.2 Å². The second-order valence-electron chi connectivity index (χ2n) is 6.52.